The minimum absolute atomic E-state index is 0.0515. The van der Waals surface area contributed by atoms with E-state index in [1.54, 1.807) is 6.07 Å². The number of oxime groups is 1. The van der Waals surface area contributed by atoms with Crippen molar-refractivity contribution in [3.05, 3.63) is 34.1 Å². The van der Waals surface area contributed by atoms with Crippen molar-refractivity contribution in [1.82, 2.24) is 0 Å². The second-order valence-electron chi connectivity index (χ2n) is 3.65. The molecule has 0 unspecified atom stereocenters. The molecule has 3 nitrogen and oxygen atoms in total. The third-order valence-electron chi connectivity index (χ3n) is 2.66. The summed E-state index contributed by atoms with van der Waals surface area (Å²) < 4.78 is 13.7. The van der Waals surface area contributed by atoms with Crippen molar-refractivity contribution in [2.75, 3.05) is 0 Å². The van der Waals surface area contributed by atoms with Crippen LogP contribution in [0, 0.1) is 11.7 Å². The molecule has 1 aliphatic carbocycles. The van der Waals surface area contributed by atoms with Gasteiger partial charge < -0.3 is 10.9 Å². The monoisotopic (exact) mass is 272 g/mol. The van der Waals surface area contributed by atoms with Crippen molar-refractivity contribution in [3.8, 4) is 0 Å². The summed E-state index contributed by atoms with van der Waals surface area (Å²) in [6.45, 7) is 0. The van der Waals surface area contributed by atoms with E-state index >= 15 is 0 Å². The van der Waals surface area contributed by atoms with Gasteiger partial charge in [-0.05, 0) is 46.0 Å². The number of halogens is 2. The van der Waals surface area contributed by atoms with Crippen molar-refractivity contribution < 1.29 is 9.60 Å². The lowest BCUT2D eigenvalue weighted by atomic mass is 10.1. The minimum atomic E-state index is -0.280. The zero-order chi connectivity index (χ0) is 11.0. The third kappa shape index (κ3) is 1.97. The zero-order valence-electron chi connectivity index (χ0n) is 7.82. The van der Waals surface area contributed by atoms with Crippen LogP contribution >= 0.6 is 15.9 Å². The summed E-state index contributed by atoms with van der Waals surface area (Å²) in [4.78, 5) is 0. The van der Waals surface area contributed by atoms with Crippen LogP contribution in [0.15, 0.2) is 27.8 Å². The first kappa shape index (κ1) is 10.4. The lowest BCUT2D eigenvalue weighted by molar-refractivity contribution is 0.316. The van der Waals surface area contributed by atoms with Crippen molar-refractivity contribution in [2.24, 2.45) is 16.8 Å². The van der Waals surface area contributed by atoms with Gasteiger partial charge >= 0.3 is 0 Å². The van der Waals surface area contributed by atoms with Gasteiger partial charge in [-0.3, -0.25) is 0 Å². The van der Waals surface area contributed by atoms with E-state index in [9.17, 15) is 4.39 Å². The van der Waals surface area contributed by atoms with Crippen molar-refractivity contribution in [2.45, 2.75) is 12.3 Å². The number of nitrogens with two attached hydrogens (primary N) is 1. The van der Waals surface area contributed by atoms with Crippen LogP contribution in [0.2, 0.25) is 0 Å². The Kier molecular flexibility index (Phi) is 2.65. The number of amidine groups is 1. The Balaban J connectivity index is 2.17. The molecule has 1 saturated carbocycles. The van der Waals surface area contributed by atoms with Gasteiger partial charge in [-0.15, -0.1) is 0 Å². The molecule has 0 radical (unpaired) electrons. The molecule has 0 aliphatic heterocycles. The fraction of sp³-hybridized carbons (Fsp3) is 0.300. The highest BCUT2D eigenvalue weighted by Gasteiger charge is 2.41. The summed E-state index contributed by atoms with van der Waals surface area (Å²) in [5.41, 5.74) is 6.37. The maximum atomic E-state index is 13.2. The largest absolute Gasteiger partial charge is 0.409 e. The van der Waals surface area contributed by atoms with Crippen LogP contribution in [0.1, 0.15) is 17.9 Å². The van der Waals surface area contributed by atoms with Gasteiger partial charge in [0.05, 0.1) is 4.47 Å². The van der Waals surface area contributed by atoms with Gasteiger partial charge in [0.25, 0.3) is 0 Å². The normalized spacial score (nSPS) is 25.3. The van der Waals surface area contributed by atoms with Crippen LogP contribution in [0.4, 0.5) is 4.39 Å². The summed E-state index contributed by atoms with van der Waals surface area (Å²) in [5, 5.41) is 11.4. The first-order chi connectivity index (χ1) is 7.13. The Bertz CT molecular complexity index is 422. The highest BCUT2D eigenvalue weighted by atomic mass is 79.9. The molecule has 1 aliphatic rings. The van der Waals surface area contributed by atoms with E-state index < -0.39 is 0 Å². The molecule has 0 saturated heterocycles. The second kappa shape index (κ2) is 3.81. The van der Waals surface area contributed by atoms with Gasteiger partial charge in [-0.2, -0.15) is 0 Å². The molecule has 0 amide bonds. The van der Waals surface area contributed by atoms with E-state index in [0.717, 1.165) is 12.0 Å². The van der Waals surface area contributed by atoms with Crippen LogP contribution in [-0.4, -0.2) is 11.0 Å². The van der Waals surface area contributed by atoms with Gasteiger partial charge in [0, 0.05) is 5.92 Å². The van der Waals surface area contributed by atoms with Crippen LogP contribution in [0.25, 0.3) is 0 Å². The van der Waals surface area contributed by atoms with E-state index in [2.05, 4.69) is 21.1 Å². The van der Waals surface area contributed by atoms with Crippen LogP contribution < -0.4 is 5.73 Å². The molecule has 1 aromatic carbocycles. The van der Waals surface area contributed by atoms with Gasteiger partial charge in [-0.1, -0.05) is 11.2 Å². The lowest BCUT2D eigenvalue weighted by Gasteiger charge is -2.01. The molecule has 3 N–H and O–H groups in total. The molecule has 15 heavy (non-hydrogen) atoms. The van der Waals surface area contributed by atoms with Crippen molar-refractivity contribution in [3.63, 3.8) is 0 Å². The fourth-order valence-corrected chi connectivity index (χ4v) is 1.95. The van der Waals surface area contributed by atoms with Crippen LogP contribution in [-0.2, 0) is 0 Å². The summed E-state index contributed by atoms with van der Waals surface area (Å²) in [7, 11) is 0. The van der Waals surface area contributed by atoms with E-state index in [4.69, 9.17) is 10.9 Å². The number of hydrogen-bond acceptors (Lipinski definition) is 2. The van der Waals surface area contributed by atoms with Gasteiger partial charge in [-0.25, -0.2) is 4.39 Å². The molecule has 80 valence electrons. The fourth-order valence-electron chi connectivity index (χ4n) is 1.71. The van der Waals surface area contributed by atoms with Gasteiger partial charge in [0.1, 0.15) is 11.7 Å². The molecule has 2 atom stereocenters. The number of nitrogens with zero attached hydrogens (tertiary/aromatic N) is 1. The second-order valence-corrected chi connectivity index (χ2v) is 4.50. The highest BCUT2D eigenvalue weighted by molar-refractivity contribution is 9.10. The van der Waals surface area contributed by atoms with Gasteiger partial charge in [0.2, 0.25) is 0 Å². The Morgan fingerprint density at radius 2 is 2.33 bits per heavy atom. The highest BCUT2D eigenvalue weighted by Crippen LogP contribution is 2.47. The average Bonchev–Trinajstić information content (AvgIpc) is 3.01. The maximum Gasteiger partial charge on any atom is 0.142 e. The van der Waals surface area contributed by atoms with E-state index in [1.165, 1.54) is 6.07 Å². The van der Waals surface area contributed by atoms with E-state index in [0.29, 0.717) is 4.47 Å². The summed E-state index contributed by atoms with van der Waals surface area (Å²) >= 11 is 3.09. The quantitative estimate of drug-likeness (QED) is 0.376. The molecule has 1 fully saturated rings. The lowest BCUT2D eigenvalue weighted by Crippen LogP contribution is -2.14. The van der Waals surface area contributed by atoms with Gasteiger partial charge in [0.15, 0.2) is 0 Å². The zero-order valence-corrected chi connectivity index (χ0v) is 9.41. The SMILES string of the molecule is N/C(=N/O)[C@H]1C[C@@H]1c1ccc(Br)c(F)c1. The molecule has 0 spiro atoms. The molecule has 2 rings (SSSR count). The average molecular weight is 273 g/mol. The predicted molar refractivity (Wildman–Crippen MR) is 58.4 cm³/mol. The first-order valence-electron chi connectivity index (χ1n) is 4.56. The van der Waals surface area contributed by atoms with Crippen molar-refractivity contribution in [1.29, 1.82) is 0 Å². The topological polar surface area (TPSA) is 58.6 Å². The third-order valence-corrected chi connectivity index (χ3v) is 3.30. The number of rotatable bonds is 2. The first-order valence-corrected chi connectivity index (χ1v) is 5.35. The molecular formula is C10H10BrFN2O. The Morgan fingerprint density at radius 1 is 1.60 bits per heavy atom. The van der Waals surface area contributed by atoms with Crippen LogP contribution in [0.3, 0.4) is 0 Å². The summed E-state index contributed by atoms with van der Waals surface area (Å²) in [5.74, 6) is 0.181. The maximum absolute atomic E-state index is 13.2. The number of hydrogen-bond donors (Lipinski definition) is 2. The molecule has 1 aromatic rings. The molecular weight excluding hydrogens is 263 g/mol. The number of benzene rings is 1. The van der Waals surface area contributed by atoms with Crippen molar-refractivity contribution >= 4 is 21.8 Å². The minimum Gasteiger partial charge on any atom is -0.409 e. The predicted octanol–water partition coefficient (Wildman–Crippen LogP) is 2.44. The Morgan fingerprint density at radius 3 is 2.93 bits per heavy atom. The molecule has 0 aromatic heterocycles. The van der Waals surface area contributed by atoms with Crippen LogP contribution in [0.5, 0.6) is 0 Å². The smallest absolute Gasteiger partial charge is 0.142 e. The summed E-state index contributed by atoms with van der Waals surface area (Å²) in [6.07, 6.45) is 0.816. The molecule has 5 heteroatoms. The standard InChI is InChI=1S/C10H10BrFN2O/c11-8-2-1-5(3-9(8)12)6-4-7(6)10(13)14-15/h1-3,6-7,15H,4H2,(H2,13,14)/t6-,7+/m1/s1. The molecule has 0 heterocycles. The van der Waals surface area contributed by atoms with E-state index in [-0.39, 0.29) is 23.5 Å². The summed E-state index contributed by atoms with van der Waals surface area (Å²) in [6, 6.07) is 5.01. The van der Waals surface area contributed by atoms with E-state index in [1.807, 2.05) is 6.07 Å². The Labute approximate surface area is 94.9 Å². The Hall–Kier alpha value is -1.10. The molecule has 0 bridgehead atoms.